The smallest absolute Gasteiger partial charge is 0.203 e. The highest BCUT2D eigenvalue weighted by atomic mass is 35.5. The minimum atomic E-state index is 0.161. The van der Waals surface area contributed by atoms with Crippen LogP contribution in [0.3, 0.4) is 0 Å². The van der Waals surface area contributed by atoms with Crippen LogP contribution in [0, 0.1) is 0 Å². The summed E-state index contributed by atoms with van der Waals surface area (Å²) in [6.07, 6.45) is 1.05. The molecule has 2 N–H and O–H groups in total. The minimum Gasteiger partial charge on any atom is -0.489 e. The molecule has 0 radical (unpaired) electrons. The molecule has 1 aliphatic heterocycles. The summed E-state index contributed by atoms with van der Waals surface area (Å²) in [4.78, 5) is 0. The number of nitrogen functional groups attached to an aromatic ring is 1. The molecule has 0 saturated carbocycles. The number of hydrogen-bond acceptors (Lipinski definition) is 6. The average molecular weight is 300 g/mol. The highest BCUT2D eigenvalue weighted by Crippen LogP contribution is 2.33. The van der Waals surface area contributed by atoms with E-state index in [1.807, 2.05) is 18.2 Å². The molecule has 2 aromatic rings. The second-order valence-corrected chi connectivity index (χ2v) is 6.63. The van der Waals surface area contributed by atoms with E-state index in [-0.39, 0.29) is 6.10 Å². The molecule has 1 aliphatic rings. The van der Waals surface area contributed by atoms with E-state index >= 15 is 0 Å². The van der Waals surface area contributed by atoms with Crippen LogP contribution in [0.2, 0.25) is 5.02 Å². The van der Waals surface area contributed by atoms with Gasteiger partial charge in [-0.15, -0.1) is 10.2 Å². The minimum absolute atomic E-state index is 0.161. The quantitative estimate of drug-likeness (QED) is 0.883. The second kappa shape index (κ2) is 4.95. The van der Waals surface area contributed by atoms with Crippen LogP contribution < -0.4 is 10.5 Å². The number of nitrogens with zero attached hydrogens (tertiary/aromatic N) is 2. The maximum Gasteiger partial charge on any atom is 0.203 e. The summed E-state index contributed by atoms with van der Waals surface area (Å²) in [6, 6.07) is 5.73. The lowest BCUT2D eigenvalue weighted by atomic mass is 10.1. The summed E-state index contributed by atoms with van der Waals surface area (Å²) in [5.41, 5.74) is 6.70. The van der Waals surface area contributed by atoms with Crippen molar-refractivity contribution in [3.63, 3.8) is 0 Å². The zero-order valence-electron chi connectivity index (χ0n) is 9.30. The second-order valence-electron chi connectivity index (χ2n) is 3.91. The fourth-order valence-electron chi connectivity index (χ4n) is 1.82. The molecule has 1 atom stereocenters. The Morgan fingerprint density at radius 1 is 1.50 bits per heavy atom. The van der Waals surface area contributed by atoms with Gasteiger partial charge in [0.15, 0.2) is 4.34 Å². The number of halogens is 1. The normalized spacial score (nSPS) is 17.5. The van der Waals surface area contributed by atoms with Gasteiger partial charge in [0.25, 0.3) is 0 Å². The lowest BCUT2D eigenvalue weighted by Gasteiger charge is -2.08. The molecule has 1 aromatic carbocycles. The number of nitrogens with two attached hydrogens (primary N) is 1. The molecule has 3 rings (SSSR count). The van der Waals surface area contributed by atoms with E-state index < -0.39 is 0 Å². The van der Waals surface area contributed by atoms with Gasteiger partial charge in [0, 0.05) is 17.2 Å². The molecule has 0 amide bonds. The zero-order chi connectivity index (χ0) is 12.5. The van der Waals surface area contributed by atoms with E-state index in [2.05, 4.69) is 10.2 Å². The topological polar surface area (TPSA) is 61.0 Å². The molecule has 1 unspecified atom stereocenters. The number of aromatic nitrogens is 2. The van der Waals surface area contributed by atoms with Gasteiger partial charge in [-0.25, -0.2) is 0 Å². The predicted molar refractivity (Wildman–Crippen MR) is 74.6 cm³/mol. The monoisotopic (exact) mass is 299 g/mol. The Morgan fingerprint density at radius 2 is 2.39 bits per heavy atom. The van der Waals surface area contributed by atoms with Gasteiger partial charge in [-0.3, -0.25) is 0 Å². The summed E-state index contributed by atoms with van der Waals surface area (Å²) in [5, 5.41) is 9.00. The van der Waals surface area contributed by atoms with E-state index in [4.69, 9.17) is 22.1 Å². The zero-order valence-corrected chi connectivity index (χ0v) is 11.7. The van der Waals surface area contributed by atoms with Gasteiger partial charge in [-0.2, -0.15) is 0 Å². The van der Waals surface area contributed by atoms with Crippen molar-refractivity contribution in [2.24, 2.45) is 0 Å². The van der Waals surface area contributed by atoms with Crippen LogP contribution in [-0.2, 0) is 6.42 Å². The van der Waals surface area contributed by atoms with Crippen LogP contribution in [0.25, 0.3) is 0 Å². The Labute approximate surface area is 118 Å². The summed E-state index contributed by atoms with van der Waals surface area (Å²) >= 11 is 8.98. The molecule has 2 heterocycles. The molecule has 94 valence electrons. The Morgan fingerprint density at radius 3 is 3.17 bits per heavy atom. The predicted octanol–water partition coefficient (Wildman–Crippen LogP) is 2.87. The number of fused-ring (bicyclic) bond motifs is 1. The van der Waals surface area contributed by atoms with Crippen molar-refractivity contribution < 1.29 is 4.74 Å². The van der Waals surface area contributed by atoms with Crippen LogP contribution in [0.15, 0.2) is 22.5 Å². The Bertz CT molecular complexity index is 575. The third kappa shape index (κ3) is 2.55. The molecule has 0 aliphatic carbocycles. The molecule has 7 heteroatoms. The van der Waals surface area contributed by atoms with Crippen LogP contribution in [-0.4, -0.2) is 22.1 Å². The standard InChI is InChI=1S/C11H10ClN3OS2/c12-7-1-2-9-6(3-7)4-8(16-9)5-17-11-15-14-10(13)18-11/h1-3,8H,4-5H2,(H2,13,14). The number of ether oxygens (including phenoxy) is 1. The van der Waals surface area contributed by atoms with Gasteiger partial charge >= 0.3 is 0 Å². The highest BCUT2D eigenvalue weighted by Gasteiger charge is 2.23. The number of anilines is 1. The van der Waals surface area contributed by atoms with Crippen molar-refractivity contribution in [3.8, 4) is 5.75 Å². The summed E-state index contributed by atoms with van der Waals surface area (Å²) in [7, 11) is 0. The lowest BCUT2D eigenvalue weighted by Crippen LogP contribution is -2.15. The molecule has 1 aromatic heterocycles. The van der Waals surface area contributed by atoms with Crippen molar-refractivity contribution >= 4 is 39.8 Å². The largest absolute Gasteiger partial charge is 0.489 e. The van der Waals surface area contributed by atoms with Crippen LogP contribution in [0.1, 0.15) is 5.56 Å². The molecule has 0 saturated heterocycles. The van der Waals surface area contributed by atoms with Gasteiger partial charge in [-0.1, -0.05) is 34.7 Å². The van der Waals surface area contributed by atoms with E-state index in [1.165, 1.54) is 16.9 Å². The van der Waals surface area contributed by atoms with Crippen molar-refractivity contribution in [1.29, 1.82) is 0 Å². The van der Waals surface area contributed by atoms with Gasteiger partial charge in [0.05, 0.1) is 0 Å². The number of thioether (sulfide) groups is 1. The number of rotatable bonds is 3. The first-order valence-electron chi connectivity index (χ1n) is 5.37. The van der Waals surface area contributed by atoms with E-state index in [0.29, 0.717) is 5.13 Å². The van der Waals surface area contributed by atoms with Gasteiger partial charge in [0.2, 0.25) is 5.13 Å². The van der Waals surface area contributed by atoms with Gasteiger partial charge < -0.3 is 10.5 Å². The first kappa shape index (κ1) is 12.1. The summed E-state index contributed by atoms with van der Waals surface area (Å²) in [6.45, 7) is 0. The van der Waals surface area contributed by atoms with Crippen molar-refractivity contribution in [1.82, 2.24) is 10.2 Å². The van der Waals surface area contributed by atoms with Crippen LogP contribution in [0.5, 0.6) is 5.75 Å². The molecular weight excluding hydrogens is 290 g/mol. The molecule has 0 bridgehead atoms. The van der Waals surface area contributed by atoms with Crippen molar-refractivity contribution in [2.75, 3.05) is 11.5 Å². The first-order chi connectivity index (χ1) is 8.70. The van der Waals surface area contributed by atoms with Gasteiger partial charge in [0.1, 0.15) is 11.9 Å². The van der Waals surface area contributed by atoms with Crippen molar-refractivity contribution in [3.05, 3.63) is 28.8 Å². The SMILES string of the molecule is Nc1nnc(SCC2Cc3cc(Cl)ccc3O2)s1. The fourth-order valence-corrected chi connectivity index (χ4v) is 3.67. The molecule has 4 nitrogen and oxygen atoms in total. The maximum atomic E-state index is 5.96. The number of benzene rings is 1. The van der Waals surface area contributed by atoms with E-state index in [0.717, 1.165) is 27.3 Å². The van der Waals surface area contributed by atoms with Crippen molar-refractivity contribution in [2.45, 2.75) is 16.9 Å². The third-order valence-electron chi connectivity index (χ3n) is 2.58. The first-order valence-corrected chi connectivity index (χ1v) is 7.55. The maximum absolute atomic E-state index is 5.96. The van der Waals surface area contributed by atoms with Crippen LogP contribution >= 0.6 is 34.7 Å². The van der Waals surface area contributed by atoms with E-state index in [1.54, 1.807) is 11.8 Å². The average Bonchev–Trinajstić information content (AvgIpc) is 2.92. The molecular formula is C11H10ClN3OS2. The Hall–Kier alpha value is -0.980. The molecule has 0 spiro atoms. The fraction of sp³-hybridized carbons (Fsp3) is 0.273. The van der Waals surface area contributed by atoms with E-state index in [9.17, 15) is 0 Å². The number of hydrogen-bond donors (Lipinski definition) is 1. The molecule has 0 fully saturated rings. The highest BCUT2D eigenvalue weighted by molar-refractivity contribution is 8.01. The Kier molecular flexibility index (Phi) is 3.32. The molecule has 18 heavy (non-hydrogen) atoms. The van der Waals surface area contributed by atoms with Crippen LogP contribution in [0.4, 0.5) is 5.13 Å². The third-order valence-corrected chi connectivity index (χ3v) is 4.83. The Balaban J connectivity index is 1.61. The van der Waals surface area contributed by atoms with Gasteiger partial charge in [-0.05, 0) is 23.8 Å². The lowest BCUT2D eigenvalue weighted by molar-refractivity contribution is 0.259. The summed E-state index contributed by atoms with van der Waals surface area (Å²) < 4.78 is 6.72. The summed E-state index contributed by atoms with van der Waals surface area (Å²) in [5.74, 6) is 1.77.